The minimum atomic E-state index is -4.83. The van der Waals surface area contributed by atoms with Gasteiger partial charge in [-0.3, -0.25) is 0 Å². The second-order valence-corrected chi connectivity index (χ2v) is 7.19. The molecule has 1 aromatic carbocycles. The first-order valence-electron chi connectivity index (χ1n) is 7.02. The molecule has 1 aromatic rings. The van der Waals surface area contributed by atoms with Crippen LogP contribution in [0, 0.1) is 5.92 Å². The van der Waals surface area contributed by atoms with E-state index >= 15 is 0 Å². The monoisotopic (exact) mass is 355 g/mol. The number of rotatable bonds is 8. The molecule has 23 heavy (non-hydrogen) atoms. The van der Waals surface area contributed by atoms with Crippen molar-refractivity contribution < 1.29 is 31.4 Å². The Morgan fingerprint density at radius 2 is 1.78 bits per heavy atom. The summed E-state index contributed by atoms with van der Waals surface area (Å²) < 4.78 is 66.9. The molecule has 1 rings (SSSR count). The van der Waals surface area contributed by atoms with Crippen LogP contribution in [0.25, 0.3) is 0 Å². The average molecular weight is 355 g/mol. The third-order valence-corrected chi connectivity index (χ3v) is 4.46. The Balaban J connectivity index is 2.86. The Bertz CT molecular complexity index is 585. The average Bonchev–Trinajstić information content (AvgIpc) is 2.36. The second kappa shape index (κ2) is 7.98. The molecule has 132 valence electrons. The van der Waals surface area contributed by atoms with E-state index in [-0.39, 0.29) is 23.8 Å². The van der Waals surface area contributed by atoms with E-state index < -0.39 is 28.2 Å². The molecule has 0 amide bonds. The number of aliphatic hydroxyl groups excluding tert-OH is 1. The fraction of sp³-hybridized carbons (Fsp3) is 0.571. The van der Waals surface area contributed by atoms with Gasteiger partial charge in [0.1, 0.15) is 5.75 Å². The van der Waals surface area contributed by atoms with Crippen molar-refractivity contribution in [3.63, 3.8) is 0 Å². The van der Waals surface area contributed by atoms with E-state index in [4.69, 9.17) is 5.11 Å². The molecule has 2 N–H and O–H groups in total. The molecule has 0 unspecified atom stereocenters. The predicted octanol–water partition coefficient (Wildman–Crippen LogP) is 2.66. The third kappa shape index (κ3) is 7.19. The van der Waals surface area contributed by atoms with Gasteiger partial charge in [0.15, 0.2) is 0 Å². The highest BCUT2D eigenvalue weighted by molar-refractivity contribution is 7.89. The van der Waals surface area contributed by atoms with Gasteiger partial charge in [0, 0.05) is 12.6 Å². The first kappa shape index (κ1) is 19.7. The number of alkyl halides is 3. The summed E-state index contributed by atoms with van der Waals surface area (Å²) in [5, 5.41) is 9.00. The predicted molar refractivity (Wildman–Crippen MR) is 78.4 cm³/mol. The fourth-order valence-corrected chi connectivity index (χ4v) is 3.34. The van der Waals surface area contributed by atoms with Gasteiger partial charge in [0.05, 0.1) is 4.90 Å². The lowest BCUT2D eigenvalue weighted by Gasteiger charge is -2.19. The normalized spacial score (nSPS) is 14.0. The topological polar surface area (TPSA) is 75.6 Å². The largest absolute Gasteiger partial charge is 0.573 e. The number of benzene rings is 1. The summed E-state index contributed by atoms with van der Waals surface area (Å²) in [7, 11) is -3.89. The van der Waals surface area contributed by atoms with Crippen LogP contribution in [-0.2, 0) is 10.0 Å². The van der Waals surface area contributed by atoms with Crippen LogP contribution in [0.4, 0.5) is 13.2 Å². The maximum Gasteiger partial charge on any atom is 0.573 e. The first-order valence-corrected chi connectivity index (χ1v) is 8.51. The zero-order valence-electron chi connectivity index (χ0n) is 12.8. The minimum Gasteiger partial charge on any atom is -0.406 e. The quantitative estimate of drug-likeness (QED) is 0.752. The summed E-state index contributed by atoms with van der Waals surface area (Å²) in [4.78, 5) is -0.168. The molecule has 9 heteroatoms. The molecule has 0 saturated heterocycles. The molecule has 0 bridgehead atoms. The maximum absolute atomic E-state index is 12.2. The van der Waals surface area contributed by atoms with Gasteiger partial charge < -0.3 is 9.84 Å². The number of hydrogen-bond donors (Lipinski definition) is 2. The zero-order chi connectivity index (χ0) is 17.7. The summed E-state index contributed by atoms with van der Waals surface area (Å²) in [6, 6.07) is 3.50. The molecule has 5 nitrogen and oxygen atoms in total. The van der Waals surface area contributed by atoms with E-state index in [9.17, 15) is 21.6 Å². The van der Waals surface area contributed by atoms with Crippen LogP contribution < -0.4 is 9.46 Å². The Morgan fingerprint density at radius 1 is 1.22 bits per heavy atom. The van der Waals surface area contributed by atoms with Gasteiger partial charge in [-0.1, -0.05) is 13.8 Å². The molecule has 0 aliphatic rings. The Labute approximate surface area is 133 Å². The second-order valence-electron chi connectivity index (χ2n) is 5.48. The van der Waals surface area contributed by atoms with Crippen LogP contribution in [0.3, 0.4) is 0 Å². The number of sulfonamides is 1. The van der Waals surface area contributed by atoms with Crippen molar-refractivity contribution in [2.24, 2.45) is 5.92 Å². The highest BCUT2D eigenvalue weighted by atomic mass is 32.2. The van der Waals surface area contributed by atoms with Gasteiger partial charge >= 0.3 is 6.36 Å². The van der Waals surface area contributed by atoms with Crippen LogP contribution in [0.2, 0.25) is 0 Å². The maximum atomic E-state index is 12.2. The van der Waals surface area contributed by atoms with Crippen molar-refractivity contribution in [2.45, 2.75) is 44.0 Å². The Kier molecular flexibility index (Phi) is 6.84. The number of nitrogens with one attached hydrogen (secondary N) is 1. The van der Waals surface area contributed by atoms with Crippen LogP contribution in [0.15, 0.2) is 29.2 Å². The zero-order valence-corrected chi connectivity index (χ0v) is 13.6. The van der Waals surface area contributed by atoms with Crippen molar-refractivity contribution in [3.8, 4) is 5.75 Å². The van der Waals surface area contributed by atoms with Crippen molar-refractivity contribution in [2.75, 3.05) is 6.61 Å². The number of halogens is 3. The summed E-state index contributed by atoms with van der Waals surface area (Å²) in [5.41, 5.74) is 0. The summed E-state index contributed by atoms with van der Waals surface area (Å²) in [6.45, 7) is 3.67. The number of aliphatic hydroxyl groups is 1. The van der Waals surface area contributed by atoms with Crippen molar-refractivity contribution in [1.29, 1.82) is 0 Å². The highest BCUT2D eigenvalue weighted by Crippen LogP contribution is 2.24. The lowest BCUT2D eigenvalue weighted by molar-refractivity contribution is -0.274. The van der Waals surface area contributed by atoms with Crippen LogP contribution >= 0.6 is 0 Å². The van der Waals surface area contributed by atoms with Crippen molar-refractivity contribution in [1.82, 2.24) is 4.72 Å². The van der Waals surface area contributed by atoms with Gasteiger partial charge in [-0.25, -0.2) is 13.1 Å². The van der Waals surface area contributed by atoms with Gasteiger partial charge in [0.25, 0.3) is 0 Å². The summed E-state index contributed by atoms with van der Waals surface area (Å²) >= 11 is 0. The molecule has 0 spiro atoms. The van der Waals surface area contributed by atoms with Crippen molar-refractivity contribution >= 4 is 10.0 Å². The molecular formula is C14H20F3NO4S. The van der Waals surface area contributed by atoms with E-state index in [0.29, 0.717) is 6.42 Å². The van der Waals surface area contributed by atoms with Gasteiger partial charge in [-0.05, 0) is 43.0 Å². The van der Waals surface area contributed by atoms with E-state index in [1.165, 1.54) is 0 Å². The molecule has 0 aromatic heterocycles. The third-order valence-electron chi connectivity index (χ3n) is 2.92. The standard InChI is InChI=1S/C14H20F3NO4S/c1-10(2)9-11(7-8-19)18-23(20,21)13-5-3-12(4-6-13)22-14(15,16)17/h3-6,10-11,18-19H,7-9H2,1-2H3/t11-/m1/s1. The van der Waals surface area contributed by atoms with E-state index in [2.05, 4.69) is 9.46 Å². The molecular weight excluding hydrogens is 335 g/mol. The summed E-state index contributed by atoms with van der Waals surface area (Å²) in [5.74, 6) is -0.276. The van der Waals surface area contributed by atoms with Crippen LogP contribution in [-0.4, -0.2) is 32.5 Å². The van der Waals surface area contributed by atoms with E-state index in [1.54, 1.807) is 0 Å². The Hall–Kier alpha value is -1.32. The highest BCUT2D eigenvalue weighted by Gasteiger charge is 2.31. The molecule has 0 aliphatic carbocycles. The Morgan fingerprint density at radius 3 is 2.22 bits per heavy atom. The summed E-state index contributed by atoms with van der Waals surface area (Å²) in [6.07, 6.45) is -4.04. The molecule has 0 aliphatic heterocycles. The van der Waals surface area contributed by atoms with Gasteiger partial charge in [-0.2, -0.15) is 0 Å². The fourth-order valence-electron chi connectivity index (χ4n) is 2.06. The molecule has 0 heterocycles. The number of hydrogen-bond acceptors (Lipinski definition) is 4. The lowest BCUT2D eigenvalue weighted by atomic mass is 10.0. The van der Waals surface area contributed by atoms with Gasteiger partial charge in [-0.15, -0.1) is 13.2 Å². The van der Waals surface area contributed by atoms with E-state index in [1.807, 2.05) is 13.8 Å². The smallest absolute Gasteiger partial charge is 0.406 e. The van der Waals surface area contributed by atoms with Crippen LogP contribution in [0.5, 0.6) is 5.75 Å². The van der Waals surface area contributed by atoms with Crippen LogP contribution in [0.1, 0.15) is 26.7 Å². The molecule has 0 radical (unpaired) electrons. The lowest BCUT2D eigenvalue weighted by Crippen LogP contribution is -2.36. The molecule has 0 fully saturated rings. The van der Waals surface area contributed by atoms with Gasteiger partial charge in [0.2, 0.25) is 10.0 Å². The molecule has 0 saturated carbocycles. The molecule has 1 atom stereocenters. The van der Waals surface area contributed by atoms with E-state index in [0.717, 1.165) is 24.3 Å². The SMILES string of the molecule is CC(C)C[C@@H](CCO)NS(=O)(=O)c1ccc(OC(F)(F)F)cc1. The van der Waals surface area contributed by atoms with Crippen molar-refractivity contribution in [3.05, 3.63) is 24.3 Å². The first-order chi connectivity index (χ1) is 10.5. The minimum absolute atomic E-state index is 0.168. The number of ether oxygens (including phenoxy) is 1.